The molecule has 1 aromatic heterocycles. The van der Waals surface area contributed by atoms with Crippen LogP contribution in [0.5, 0.6) is 5.75 Å². The standard InChI is InChI=1S/C21H28ClN7O4/c1-28(2)21(32)33-15-7-5-14(6-8-15)13-16(17(30)31)24-20-26-18(22)25-19(27-20)23-9-12-29-10-3-4-11-29/h5-8,16H,3-4,9-13H2,1-2H3,(H,30,31)(H2,23,24,25,26,27)/t16-/m0/s1. The first-order valence-electron chi connectivity index (χ1n) is 10.7. The van der Waals surface area contributed by atoms with Crippen molar-refractivity contribution in [1.29, 1.82) is 0 Å². The van der Waals surface area contributed by atoms with Crippen molar-refractivity contribution in [2.45, 2.75) is 25.3 Å². The number of hydrogen-bond donors (Lipinski definition) is 3. The summed E-state index contributed by atoms with van der Waals surface area (Å²) < 4.78 is 5.17. The predicted octanol–water partition coefficient (Wildman–Crippen LogP) is 2.20. The van der Waals surface area contributed by atoms with Crippen LogP contribution in [0.3, 0.4) is 0 Å². The lowest BCUT2D eigenvalue weighted by molar-refractivity contribution is -0.137. The molecule has 0 spiro atoms. The van der Waals surface area contributed by atoms with Gasteiger partial charge in [0.1, 0.15) is 11.8 Å². The zero-order valence-corrected chi connectivity index (χ0v) is 19.4. The molecule has 178 valence electrons. The van der Waals surface area contributed by atoms with Crippen molar-refractivity contribution in [2.75, 3.05) is 50.9 Å². The summed E-state index contributed by atoms with van der Waals surface area (Å²) in [7, 11) is 3.17. The molecular formula is C21H28ClN7O4. The van der Waals surface area contributed by atoms with Gasteiger partial charge in [-0.15, -0.1) is 0 Å². The first-order chi connectivity index (χ1) is 15.8. The van der Waals surface area contributed by atoms with Gasteiger partial charge in [-0.25, -0.2) is 9.59 Å². The molecule has 3 N–H and O–H groups in total. The highest BCUT2D eigenvalue weighted by molar-refractivity contribution is 6.28. The second-order valence-corrected chi connectivity index (χ2v) is 8.21. The maximum absolute atomic E-state index is 11.8. The molecule has 33 heavy (non-hydrogen) atoms. The van der Waals surface area contributed by atoms with Gasteiger partial charge in [0.05, 0.1) is 0 Å². The normalized spacial score (nSPS) is 14.5. The molecule has 1 amide bonds. The first-order valence-corrected chi connectivity index (χ1v) is 11.0. The van der Waals surface area contributed by atoms with Crippen LogP contribution in [0.2, 0.25) is 5.28 Å². The summed E-state index contributed by atoms with van der Waals surface area (Å²) in [6, 6.07) is 5.61. The Morgan fingerprint density at radius 2 is 1.82 bits per heavy atom. The number of carbonyl (C=O) groups excluding carboxylic acids is 1. The number of amides is 1. The summed E-state index contributed by atoms with van der Waals surface area (Å²) in [5.41, 5.74) is 0.726. The predicted molar refractivity (Wildman–Crippen MR) is 124 cm³/mol. The van der Waals surface area contributed by atoms with E-state index < -0.39 is 18.1 Å². The number of anilines is 2. The van der Waals surface area contributed by atoms with E-state index in [1.807, 2.05) is 0 Å². The molecule has 0 radical (unpaired) electrons. The number of nitrogens with one attached hydrogen (secondary N) is 2. The highest BCUT2D eigenvalue weighted by atomic mass is 35.5. The van der Waals surface area contributed by atoms with Crippen LogP contribution in [0.4, 0.5) is 16.7 Å². The third-order valence-corrected chi connectivity index (χ3v) is 5.22. The topological polar surface area (TPSA) is 133 Å². The Bertz CT molecular complexity index is 952. The van der Waals surface area contributed by atoms with E-state index in [4.69, 9.17) is 16.3 Å². The minimum absolute atomic E-state index is 0.0348. The largest absolute Gasteiger partial charge is 0.480 e. The fourth-order valence-corrected chi connectivity index (χ4v) is 3.46. The van der Waals surface area contributed by atoms with Crippen LogP contribution in [0.15, 0.2) is 24.3 Å². The average molecular weight is 478 g/mol. The van der Waals surface area contributed by atoms with Crippen LogP contribution >= 0.6 is 11.6 Å². The van der Waals surface area contributed by atoms with Gasteiger partial charge in [0.15, 0.2) is 0 Å². The van der Waals surface area contributed by atoms with E-state index in [0.717, 1.165) is 25.2 Å². The molecule has 1 aliphatic rings. The summed E-state index contributed by atoms with van der Waals surface area (Å²) >= 11 is 6.02. The van der Waals surface area contributed by atoms with E-state index in [0.29, 0.717) is 12.3 Å². The van der Waals surface area contributed by atoms with Crippen LogP contribution in [0.1, 0.15) is 18.4 Å². The molecule has 2 heterocycles. The van der Waals surface area contributed by atoms with E-state index in [2.05, 4.69) is 30.5 Å². The summed E-state index contributed by atoms with van der Waals surface area (Å²) in [4.78, 5) is 39.4. The maximum atomic E-state index is 11.8. The molecule has 0 bridgehead atoms. The Hall–Kier alpha value is -3.18. The molecule has 1 saturated heterocycles. The highest BCUT2D eigenvalue weighted by Gasteiger charge is 2.20. The Morgan fingerprint density at radius 1 is 1.15 bits per heavy atom. The monoisotopic (exact) mass is 477 g/mol. The van der Waals surface area contributed by atoms with Gasteiger partial charge in [0.25, 0.3) is 0 Å². The quantitative estimate of drug-likeness (QED) is 0.467. The fourth-order valence-electron chi connectivity index (χ4n) is 3.30. The van der Waals surface area contributed by atoms with Gasteiger partial charge in [-0.1, -0.05) is 12.1 Å². The Kier molecular flexibility index (Phi) is 8.61. The molecule has 1 aliphatic heterocycles. The minimum atomic E-state index is -1.07. The van der Waals surface area contributed by atoms with Crippen molar-refractivity contribution < 1.29 is 19.4 Å². The number of likely N-dealkylation sites (tertiary alicyclic amines) is 1. The van der Waals surface area contributed by atoms with Gasteiger partial charge in [0, 0.05) is 33.6 Å². The first kappa shape index (κ1) is 24.5. The number of carboxylic acids is 1. The smallest absolute Gasteiger partial charge is 0.414 e. The van der Waals surface area contributed by atoms with E-state index in [9.17, 15) is 14.7 Å². The van der Waals surface area contributed by atoms with Crippen molar-refractivity contribution in [2.24, 2.45) is 0 Å². The maximum Gasteiger partial charge on any atom is 0.414 e. The Morgan fingerprint density at radius 3 is 2.45 bits per heavy atom. The second kappa shape index (κ2) is 11.6. The number of carboxylic acid groups (broad SMARTS) is 1. The number of aromatic nitrogens is 3. The number of benzene rings is 1. The van der Waals surface area contributed by atoms with Gasteiger partial charge in [-0.3, -0.25) is 0 Å². The lowest BCUT2D eigenvalue weighted by Crippen LogP contribution is -2.32. The lowest BCUT2D eigenvalue weighted by atomic mass is 10.1. The SMILES string of the molecule is CN(C)C(=O)Oc1ccc(C[C@H](Nc2nc(Cl)nc(NCCN3CCCC3)n2)C(=O)O)cc1. The average Bonchev–Trinajstić information content (AvgIpc) is 3.27. The molecule has 3 rings (SSSR count). The van der Waals surface area contributed by atoms with E-state index in [1.165, 1.54) is 17.7 Å². The molecule has 1 aromatic carbocycles. The molecular weight excluding hydrogens is 450 g/mol. The third-order valence-electron chi connectivity index (χ3n) is 5.05. The van der Waals surface area contributed by atoms with E-state index in [-0.39, 0.29) is 23.6 Å². The number of aliphatic carboxylic acids is 1. The molecule has 12 heteroatoms. The van der Waals surface area contributed by atoms with Crippen molar-refractivity contribution in [3.63, 3.8) is 0 Å². The molecule has 2 aromatic rings. The number of ether oxygens (including phenoxy) is 1. The number of halogens is 1. The van der Waals surface area contributed by atoms with Gasteiger partial charge in [-0.2, -0.15) is 15.0 Å². The highest BCUT2D eigenvalue weighted by Crippen LogP contribution is 2.17. The second-order valence-electron chi connectivity index (χ2n) is 7.87. The number of rotatable bonds is 10. The zero-order valence-electron chi connectivity index (χ0n) is 18.6. The van der Waals surface area contributed by atoms with Crippen LogP contribution in [-0.4, -0.2) is 88.2 Å². The lowest BCUT2D eigenvalue weighted by Gasteiger charge is -2.17. The number of carbonyl (C=O) groups is 2. The summed E-state index contributed by atoms with van der Waals surface area (Å²) in [5, 5.41) is 15.6. The Labute approximate surface area is 197 Å². The number of nitrogens with zero attached hydrogens (tertiary/aromatic N) is 5. The van der Waals surface area contributed by atoms with Crippen LogP contribution in [0.25, 0.3) is 0 Å². The van der Waals surface area contributed by atoms with Gasteiger partial charge in [-0.05, 0) is 55.2 Å². The molecule has 1 fully saturated rings. The van der Waals surface area contributed by atoms with Crippen molar-refractivity contribution >= 4 is 35.6 Å². The zero-order chi connectivity index (χ0) is 23.8. The minimum Gasteiger partial charge on any atom is -0.480 e. The molecule has 1 atom stereocenters. The summed E-state index contributed by atoms with van der Waals surface area (Å²) in [6.45, 7) is 3.69. The number of hydrogen-bond acceptors (Lipinski definition) is 9. The van der Waals surface area contributed by atoms with Crippen LogP contribution < -0.4 is 15.4 Å². The van der Waals surface area contributed by atoms with E-state index >= 15 is 0 Å². The van der Waals surface area contributed by atoms with Crippen molar-refractivity contribution in [3.8, 4) is 5.75 Å². The van der Waals surface area contributed by atoms with Crippen LogP contribution in [-0.2, 0) is 11.2 Å². The molecule has 0 saturated carbocycles. The van der Waals surface area contributed by atoms with Gasteiger partial charge < -0.3 is 30.3 Å². The van der Waals surface area contributed by atoms with E-state index in [1.54, 1.807) is 38.4 Å². The van der Waals surface area contributed by atoms with Gasteiger partial charge >= 0.3 is 12.1 Å². The van der Waals surface area contributed by atoms with Crippen LogP contribution in [0, 0.1) is 0 Å². The molecule has 0 aliphatic carbocycles. The van der Waals surface area contributed by atoms with Gasteiger partial charge in [0.2, 0.25) is 17.2 Å². The summed E-state index contributed by atoms with van der Waals surface area (Å²) in [6.07, 6.45) is 2.08. The third kappa shape index (κ3) is 7.72. The summed E-state index contributed by atoms with van der Waals surface area (Å²) in [5.74, 6) is -0.347. The van der Waals surface area contributed by atoms with Crippen molar-refractivity contribution in [3.05, 3.63) is 35.1 Å². The molecule has 0 unspecified atom stereocenters. The Balaban J connectivity index is 1.60. The molecule has 11 nitrogen and oxygen atoms in total. The van der Waals surface area contributed by atoms with Crippen molar-refractivity contribution in [1.82, 2.24) is 24.8 Å². The fraction of sp³-hybridized carbons (Fsp3) is 0.476.